The molecule has 0 spiro atoms. The topological polar surface area (TPSA) is 46.6 Å². The standard InChI is InChI=1S/C13H14FNO3/c1-18-7-3-2-6-15-11-8-9(14)4-5-10(11)12(16)13(15)17/h4-5,8H,2-3,6-7H2,1H3. The molecule has 0 saturated carbocycles. The van der Waals surface area contributed by atoms with E-state index in [0.29, 0.717) is 25.3 Å². The van der Waals surface area contributed by atoms with Crippen LogP contribution in [0.15, 0.2) is 18.2 Å². The van der Waals surface area contributed by atoms with Crippen molar-refractivity contribution in [3.05, 3.63) is 29.6 Å². The first kappa shape index (κ1) is 12.7. The number of carbonyl (C=O) groups is 2. The monoisotopic (exact) mass is 251 g/mol. The summed E-state index contributed by atoms with van der Waals surface area (Å²) in [6, 6.07) is 3.78. The Morgan fingerprint density at radius 2 is 2.06 bits per heavy atom. The minimum Gasteiger partial charge on any atom is -0.385 e. The Hall–Kier alpha value is -1.75. The number of halogens is 1. The SMILES string of the molecule is COCCCCN1C(=O)C(=O)c2ccc(F)cc21. The number of amides is 1. The highest BCUT2D eigenvalue weighted by Crippen LogP contribution is 2.29. The lowest BCUT2D eigenvalue weighted by Crippen LogP contribution is -2.30. The third-order valence-corrected chi connectivity index (χ3v) is 2.91. The third kappa shape index (κ3) is 2.26. The van der Waals surface area contributed by atoms with Gasteiger partial charge in [-0.25, -0.2) is 4.39 Å². The van der Waals surface area contributed by atoms with Crippen molar-refractivity contribution in [1.82, 2.24) is 0 Å². The largest absolute Gasteiger partial charge is 0.385 e. The van der Waals surface area contributed by atoms with Gasteiger partial charge in [-0.05, 0) is 31.0 Å². The van der Waals surface area contributed by atoms with Crippen LogP contribution in [0.4, 0.5) is 10.1 Å². The highest BCUT2D eigenvalue weighted by atomic mass is 19.1. The van der Waals surface area contributed by atoms with E-state index in [4.69, 9.17) is 4.74 Å². The van der Waals surface area contributed by atoms with Gasteiger partial charge in [0.05, 0.1) is 11.3 Å². The second-order valence-corrected chi connectivity index (χ2v) is 4.15. The fourth-order valence-corrected chi connectivity index (χ4v) is 2.01. The molecule has 1 heterocycles. The third-order valence-electron chi connectivity index (χ3n) is 2.91. The maximum Gasteiger partial charge on any atom is 0.299 e. The number of anilines is 1. The predicted molar refractivity (Wildman–Crippen MR) is 64.2 cm³/mol. The van der Waals surface area contributed by atoms with Crippen molar-refractivity contribution in [2.75, 3.05) is 25.2 Å². The zero-order valence-corrected chi connectivity index (χ0v) is 10.1. The Bertz CT molecular complexity index is 487. The minimum atomic E-state index is -0.576. The molecule has 4 nitrogen and oxygen atoms in total. The fraction of sp³-hybridized carbons (Fsp3) is 0.385. The maximum absolute atomic E-state index is 13.2. The molecule has 1 amide bonds. The minimum absolute atomic E-state index is 0.285. The van der Waals surface area contributed by atoms with Crippen molar-refractivity contribution in [2.45, 2.75) is 12.8 Å². The second-order valence-electron chi connectivity index (χ2n) is 4.15. The summed E-state index contributed by atoms with van der Waals surface area (Å²) in [6.45, 7) is 1.01. The smallest absolute Gasteiger partial charge is 0.299 e. The number of hydrogen-bond donors (Lipinski definition) is 0. The molecule has 0 atom stereocenters. The molecule has 0 N–H and O–H groups in total. The molecular formula is C13H14FNO3. The molecule has 0 fully saturated rings. The molecule has 0 aliphatic carbocycles. The molecule has 1 aromatic carbocycles. The van der Waals surface area contributed by atoms with E-state index in [-0.39, 0.29) is 5.56 Å². The first-order valence-electron chi connectivity index (χ1n) is 5.80. The molecule has 0 unspecified atom stereocenters. The van der Waals surface area contributed by atoms with Gasteiger partial charge in [-0.2, -0.15) is 0 Å². The number of methoxy groups -OCH3 is 1. The number of nitrogens with zero attached hydrogens (tertiary/aromatic N) is 1. The van der Waals surface area contributed by atoms with E-state index >= 15 is 0 Å². The van der Waals surface area contributed by atoms with Crippen molar-refractivity contribution in [1.29, 1.82) is 0 Å². The van der Waals surface area contributed by atoms with Gasteiger partial charge in [0, 0.05) is 20.3 Å². The molecule has 96 valence electrons. The molecular weight excluding hydrogens is 237 g/mol. The maximum atomic E-state index is 13.2. The van der Waals surface area contributed by atoms with Gasteiger partial charge in [-0.1, -0.05) is 0 Å². The summed E-state index contributed by atoms with van der Waals surface area (Å²) in [6.07, 6.45) is 1.50. The highest BCUT2D eigenvalue weighted by molar-refractivity contribution is 6.52. The zero-order chi connectivity index (χ0) is 13.1. The van der Waals surface area contributed by atoms with Gasteiger partial charge in [0.15, 0.2) is 0 Å². The van der Waals surface area contributed by atoms with Gasteiger partial charge in [0.25, 0.3) is 11.7 Å². The average molecular weight is 251 g/mol. The zero-order valence-electron chi connectivity index (χ0n) is 10.1. The Balaban J connectivity index is 2.14. The summed E-state index contributed by atoms with van der Waals surface area (Å²) in [7, 11) is 1.61. The van der Waals surface area contributed by atoms with Crippen molar-refractivity contribution < 1.29 is 18.7 Å². The van der Waals surface area contributed by atoms with Gasteiger partial charge in [-0.3, -0.25) is 9.59 Å². The van der Waals surface area contributed by atoms with Crippen molar-refractivity contribution in [3.8, 4) is 0 Å². The predicted octanol–water partition coefficient (Wildman–Crippen LogP) is 1.78. The second kappa shape index (κ2) is 5.27. The van der Waals surface area contributed by atoms with Crippen LogP contribution in [0.3, 0.4) is 0 Å². The first-order valence-corrected chi connectivity index (χ1v) is 5.80. The lowest BCUT2D eigenvalue weighted by molar-refractivity contribution is -0.114. The van der Waals surface area contributed by atoms with Crippen LogP contribution >= 0.6 is 0 Å². The van der Waals surface area contributed by atoms with Crippen LogP contribution in [0.1, 0.15) is 23.2 Å². The van der Waals surface area contributed by atoms with Gasteiger partial charge < -0.3 is 9.64 Å². The van der Waals surface area contributed by atoms with Crippen LogP contribution in [0.25, 0.3) is 0 Å². The normalized spacial score (nSPS) is 14.2. The van der Waals surface area contributed by atoms with Crippen molar-refractivity contribution >= 4 is 17.4 Å². The molecule has 1 aromatic rings. The van der Waals surface area contributed by atoms with E-state index in [9.17, 15) is 14.0 Å². The molecule has 0 radical (unpaired) electrons. The molecule has 1 aliphatic heterocycles. The van der Waals surface area contributed by atoms with Crippen LogP contribution in [-0.4, -0.2) is 32.0 Å². The van der Waals surface area contributed by atoms with E-state index in [2.05, 4.69) is 0 Å². The molecule has 0 saturated heterocycles. The summed E-state index contributed by atoms with van der Waals surface area (Å²) in [4.78, 5) is 24.8. The van der Waals surface area contributed by atoms with Crippen LogP contribution in [0.5, 0.6) is 0 Å². The number of Topliss-reactive ketones (excluding diaryl/α,β-unsaturated/α-hetero) is 1. The Morgan fingerprint density at radius 3 is 2.78 bits per heavy atom. The first-order chi connectivity index (χ1) is 8.65. The lowest BCUT2D eigenvalue weighted by atomic mass is 10.1. The molecule has 2 rings (SSSR count). The summed E-state index contributed by atoms with van der Waals surface area (Å²) < 4.78 is 18.1. The summed E-state index contributed by atoms with van der Waals surface area (Å²) >= 11 is 0. The number of carbonyl (C=O) groups excluding carboxylic acids is 2. The van der Waals surface area contributed by atoms with Crippen molar-refractivity contribution in [2.24, 2.45) is 0 Å². The van der Waals surface area contributed by atoms with Crippen LogP contribution in [0.2, 0.25) is 0 Å². The lowest BCUT2D eigenvalue weighted by Gasteiger charge is -2.16. The van der Waals surface area contributed by atoms with Gasteiger partial charge in [-0.15, -0.1) is 0 Å². The van der Waals surface area contributed by atoms with E-state index in [0.717, 1.165) is 6.42 Å². The quantitative estimate of drug-likeness (QED) is 0.592. The summed E-state index contributed by atoms with van der Waals surface area (Å²) in [5.41, 5.74) is 0.663. The van der Waals surface area contributed by atoms with Gasteiger partial charge in [0.2, 0.25) is 0 Å². The molecule has 5 heteroatoms. The Labute approximate surface area is 104 Å². The van der Waals surface area contributed by atoms with E-state index in [1.54, 1.807) is 7.11 Å². The average Bonchev–Trinajstić information content (AvgIpc) is 2.59. The number of fused-ring (bicyclic) bond motifs is 1. The van der Waals surface area contributed by atoms with E-state index in [1.807, 2.05) is 0 Å². The number of ether oxygens (including phenoxy) is 1. The molecule has 18 heavy (non-hydrogen) atoms. The van der Waals surface area contributed by atoms with Crippen LogP contribution in [0, 0.1) is 5.82 Å². The number of hydrogen-bond acceptors (Lipinski definition) is 3. The molecule has 1 aliphatic rings. The number of unbranched alkanes of at least 4 members (excludes halogenated alkanes) is 1. The van der Waals surface area contributed by atoms with E-state index < -0.39 is 17.5 Å². The number of benzene rings is 1. The molecule has 0 aromatic heterocycles. The highest BCUT2D eigenvalue weighted by Gasteiger charge is 2.35. The Morgan fingerprint density at radius 1 is 1.28 bits per heavy atom. The van der Waals surface area contributed by atoms with Crippen LogP contribution < -0.4 is 4.90 Å². The molecule has 0 bridgehead atoms. The van der Waals surface area contributed by atoms with Gasteiger partial charge >= 0.3 is 0 Å². The van der Waals surface area contributed by atoms with Crippen LogP contribution in [-0.2, 0) is 9.53 Å². The Kier molecular flexibility index (Phi) is 3.72. The number of rotatable bonds is 5. The van der Waals surface area contributed by atoms with Gasteiger partial charge in [0.1, 0.15) is 5.82 Å². The van der Waals surface area contributed by atoms with E-state index in [1.165, 1.54) is 23.1 Å². The fourth-order valence-electron chi connectivity index (χ4n) is 2.01. The number of ketones is 1. The van der Waals surface area contributed by atoms with Crippen molar-refractivity contribution in [3.63, 3.8) is 0 Å². The summed E-state index contributed by atoms with van der Waals surface area (Å²) in [5, 5.41) is 0. The summed E-state index contributed by atoms with van der Waals surface area (Å²) in [5.74, 6) is -1.58.